The molecule has 0 bridgehead atoms. The molecule has 102 valence electrons. The summed E-state index contributed by atoms with van der Waals surface area (Å²) in [5, 5.41) is 11.3. The fraction of sp³-hybridized carbons (Fsp3) is 0.846. The first-order valence-corrected chi connectivity index (χ1v) is 8.68. The molecule has 1 aliphatic heterocycles. The molecule has 1 atom stereocenters. The van der Waals surface area contributed by atoms with Crippen LogP contribution in [0.3, 0.4) is 0 Å². The molecule has 2 rings (SSSR count). The summed E-state index contributed by atoms with van der Waals surface area (Å²) in [5.74, 6) is 2.37. The van der Waals surface area contributed by atoms with Gasteiger partial charge in [0.15, 0.2) is 0 Å². The monoisotopic (exact) mass is 287 g/mol. The Kier molecular flexibility index (Phi) is 5.01. The van der Waals surface area contributed by atoms with Gasteiger partial charge in [-0.15, -0.1) is 23.5 Å². The van der Waals surface area contributed by atoms with E-state index in [0.29, 0.717) is 6.42 Å². The van der Waals surface area contributed by atoms with Crippen LogP contribution < -0.4 is 0 Å². The van der Waals surface area contributed by atoms with Crippen molar-refractivity contribution in [3.8, 4) is 0 Å². The standard InChI is InChI=1S/C13H21NO2S2/c1-13(17-9-10-18-13)8-7-12(14(15)16)11-5-3-2-4-6-11/h5,12H,2-4,6-10H2,1H3. The Balaban J connectivity index is 1.94. The van der Waals surface area contributed by atoms with Crippen molar-refractivity contribution in [2.24, 2.45) is 0 Å². The number of nitrogens with zero attached hydrogens (tertiary/aromatic N) is 1. The van der Waals surface area contributed by atoms with E-state index in [1.165, 1.54) is 17.9 Å². The summed E-state index contributed by atoms with van der Waals surface area (Å²) in [7, 11) is 0. The molecule has 2 aliphatic rings. The SMILES string of the molecule is CC1(CCC(C2=CCCCC2)[N+](=O)[O-])SCCS1. The molecule has 0 saturated carbocycles. The summed E-state index contributed by atoms with van der Waals surface area (Å²) in [5.41, 5.74) is 1.09. The predicted molar refractivity (Wildman–Crippen MR) is 79.9 cm³/mol. The van der Waals surface area contributed by atoms with E-state index >= 15 is 0 Å². The predicted octanol–water partition coefficient (Wildman–Crippen LogP) is 4.11. The van der Waals surface area contributed by atoms with Crippen LogP contribution >= 0.6 is 23.5 Å². The van der Waals surface area contributed by atoms with E-state index in [-0.39, 0.29) is 9.00 Å². The first-order valence-electron chi connectivity index (χ1n) is 6.71. The molecule has 0 aromatic heterocycles. The van der Waals surface area contributed by atoms with Crippen LogP contribution in [-0.4, -0.2) is 26.5 Å². The van der Waals surface area contributed by atoms with Crippen LogP contribution in [0.5, 0.6) is 0 Å². The first-order chi connectivity index (χ1) is 8.61. The van der Waals surface area contributed by atoms with Gasteiger partial charge in [-0.1, -0.05) is 6.08 Å². The Morgan fingerprint density at radius 1 is 1.44 bits per heavy atom. The van der Waals surface area contributed by atoms with Crippen molar-refractivity contribution in [1.82, 2.24) is 0 Å². The second-order valence-electron chi connectivity index (χ2n) is 5.20. The smallest absolute Gasteiger partial charge is 0.234 e. The van der Waals surface area contributed by atoms with Gasteiger partial charge in [-0.05, 0) is 44.6 Å². The number of hydrogen-bond donors (Lipinski definition) is 0. The third-order valence-electron chi connectivity index (χ3n) is 3.78. The van der Waals surface area contributed by atoms with Gasteiger partial charge in [-0.3, -0.25) is 10.1 Å². The number of rotatable bonds is 5. The van der Waals surface area contributed by atoms with Crippen LogP contribution in [0.2, 0.25) is 0 Å². The van der Waals surface area contributed by atoms with Crippen molar-refractivity contribution in [3.05, 3.63) is 21.8 Å². The minimum absolute atomic E-state index is 0.0647. The minimum atomic E-state index is -0.427. The molecule has 1 aliphatic carbocycles. The second kappa shape index (κ2) is 6.33. The zero-order chi connectivity index (χ0) is 13.0. The van der Waals surface area contributed by atoms with Gasteiger partial charge in [0.25, 0.3) is 0 Å². The number of nitro groups is 1. The van der Waals surface area contributed by atoms with E-state index in [4.69, 9.17) is 0 Å². The highest BCUT2D eigenvalue weighted by molar-refractivity contribution is 8.21. The van der Waals surface area contributed by atoms with E-state index < -0.39 is 6.04 Å². The second-order valence-corrected chi connectivity index (χ2v) is 8.65. The largest absolute Gasteiger partial charge is 0.264 e. The molecule has 0 amide bonds. The first kappa shape index (κ1) is 14.3. The average molecular weight is 287 g/mol. The fourth-order valence-electron chi connectivity index (χ4n) is 2.69. The van der Waals surface area contributed by atoms with Gasteiger partial charge < -0.3 is 0 Å². The van der Waals surface area contributed by atoms with Crippen molar-refractivity contribution in [2.75, 3.05) is 11.5 Å². The van der Waals surface area contributed by atoms with Crippen molar-refractivity contribution in [1.29, 1.82) is 0 Å². The molecule has 0 spiro atoms. The lowest BCUT2D eigenvalue weighted by atomic mass is 9.91. The van der Waals surface area contributed by atoms with Crippen molar-refractivity contribution in [3.63, 3.8) is 0 Å². The van der Waals surface area contributed by atoms with Crippen LogP contribution in [0.1, 0.15) is 45.4 Å². The van der Waals surface area contributed by atoms with Gasteiger partial charge in [-0.25, -0.2) is 0 Å². The van der Waals surface area contributed by atoms with E-state index in [2.05, 4.69) is 13.0 Å². The van der Waals surface area contributed by atoms with E-state index in [1.54, 1.807) is 0 Å². The summed E-state index contributed by atoms with van der Waals surface area (Å²) in [6.45, 7) is 2.24. The number of thioether (sulfide) groups is 2. The van der Waals surface area contributed by atoms with E-state index in [1.807, 2.05) is 23.5 Å². The molecular formula is C13H21NO2S2. The van der Waals surface area contributed by atoms with Gasteiger partial charge in [-0.2, -0.15) is 0 Å². The minimum Gasteiger partial charge on any atom is -0.264 e. The molecule has 0 aromatic rings. The number of hydrogen-bond acceptors (Lipinski definition) is 4. The maximum atomic E-state index is 11.3. The molecule has 1 saturated heterocycles. The maximum Gasteiger partial charge on any atom is 0.234 e. The normalized spacial score (nSPS) is 24.6. The fourth-order valence-corrected chi connectivity index (χ4v) is 5.58. The van der Waals surface area contributed by atoms with Gasteiger partial charge >= 0.3 is 0 Å². The van der Waals surface area contributed by atoms with Crippen LogP contribution in [0.25, 0.3) is 0 Å². The molecular weight excluding hydrogens is 266 g/mol. The maximum absolute atomic E-state index is 11.3. The zero-order valence-electron chi connectivity index (χ0n) is 10.9. The van der Waals surface area contributed by atoms with Crippen molar-refractivity contribution < 1.29 is 4.92 Å². The summed E-state index contributed by atoms with van der Waals surface area (Å²) in [4.78, 5) is 11.2. The Labute approximate surface area is 117 Å². The highest BCUT2D eigenvalue weighted by atomic mass is 32.2. The lowest BCUT2D eigenvalue weighted by molar-refractivity contribution is -0.513. The third kappa shape index (κ3) is 3.67. The number of allylic oxidation sites excluding steroid dienone is 1. The Hall–Kier alpha value is -0.160. The summed E-state index contributed by atoms with van der Waals surface area (Å²) < 4.78 is 0.212. The summed E-state index contributed by atoms with van der Waals surface area (Å²) in [6, 6.07) is -0.427. The van der Waals surface area contributed by atoms with Gasteiger partial charge in [0.2, 0.25) is 6.04 Å². The Morgan fingerprint density at radius 3 is 2.72 bits per heavy atom. The molecule has 1 fully saturated rings. The molecule has 0 aromatic carbocycles. The van der Waals surface area contributed by atoms with Gasteiger partial charge in [0.1, 0.15) is 0 Å². The quantitative estimate of drug-likeness (QED) is 0.433. The molecule has 5 heteroatoms. The topological polar surface area (TPSA) is 43.1 Å². The molecule has 0 radical (unpaired) electrons. The van der Waals surface area contributed by atoms with E-state index in [0.717, 1.165) is 31.3 Å². The molecule has 1 unspecified atom stereocenters. The third-order valence-corrected chi connectivity index (χ3v) is 7.19. The van der Waals surface area contributed by atoms with Crippen LogP contribution in [0.4, 0.5) is 0 Å². The highest BCUT2D eigenvalue weighted by Gasteiger charge is 2.34. The summed E-state index contributed by atoms with van der Waals surface area (Å²) in [6.07, 6.45) is 8.05. The molecule has 1 heterocycles. The zero-order valence-corrected chi connectivity index (χ0v) is 12.5. The highest BCUT2D eigenvalue weighted by Crippen LogP contribution is 2.47. The Bertz CT molecular complexity index is 338. The molecule has 3 nitrogen and oxygen atoms in total. The van der Waals surface area contributed by atoms with E-state index in [9.17, 15) is 10.1 Å². The van der Waals surface area contributed by atoms with Gasteiger partial charge in [0, 0.05) is 22.8 Å². The summed E-state index contributed by atoms with van der Waals surface area (Å²) >= 11 is 3.93. The van der Waals surface area contributed by atoms with Crippen LogP contribution in [0.15, 0.2) is 11.6 Å². The van der Waals surface area contributed by atoms with Crippen LogP contribution in [0, 0.1) is 10.1 Å². The molecule has 18 heavy (non-hydrogen) atoms. The lowest BCUT2D eigenvalue weighted by Crippen LogP contribution is -2.26. The van der Waals surface area contributed by atoms with Gasteiger partial charge in [0.05, 0.1) is 4.08 Å². The van der Waals surface area contributed by atoms with Crippen molar-refractivity contribution in [2.45, 2.75) is 55.6 Å². The molecule has 0 N–H and O–H groups in total. The average Bonchev–Trinajstić information content (AvgIpc) is 2.78. The Morgan fingerprint density at radius 2 is 2.17 bits per heavy atom. The lowest BCUT2D eigenvalue weighted by Gasteiger charge is -2.24. The van der Waals surface area contributed by atoms with Crippen LogP contribution in [-0.2, 0) is 0 Å². The van der Waals surface area contributed by atoms with Crippen molar-refractivity contribution >= 4 is 23.5 Å².